The number of amides is 4. The first kappa shape index (κ1) is 17.8. The van der Waals surface area contributed by atoms with E-state index in [4.69, 9.17) is 0 Å². The maximum atomic E-state index is 13.1. The second kappa shape index (κ2) is 6.73. The normalized spacial score (nSPS) is 28.6. The molecule has 1 saturated carbocycles. The summed E-state index contributed by atoms with van der Waals surface area (Å²) in [5.41, 5.74) is -0.533. The number of imide groups is 2. The molecule has 1 unspecified atom stereocenters. The van der Waals surface area contributed by atoms with Gasteiger partial charge in [0.2, 0.25) is 11.8 Å². The Morgan fingerprint density at radius 3 is 2.40 bits per heavy atom. The fourth-order valence-corrected chi connectivity index (χ4v) is 4.40. The topological polar surface area (TPSA) is 74.8 Å². The zero-order valence-corrected chi connectivity index (χ0v) is 15.0. The number of barbiturate groups is 1. The average Bonchev–Trinajstić information content (AvgIpc) is 3.17. The van der Waals surface area contributed by atoms with E-state index < -0.39 is 23.3 Å². The zero-order chi connectivity index (χ0) is 18.2. The van der Waals surface area contributed by atoms with Crippen LogP contribution in [0.25, 0.3) is 0 Å². The van der Waals surface area contributed by atoms with Crippen LogP contribution < -0.4 is 0 Å². The van der Waals surface area contributed by atoms with Crippen LogP contribution in [0, 0.1) is 11.3 Å². The molecular formula is C19H26N2O4. The standard InChI is InChI=1S/C19H26N2O4/c1-19(14-10-6-7-11-14)16(23)20(2)18(25)21(17(19)24)12-15(22)13-8-4-3-5-9-13/h8,14H,3-7,9-12H2,1-2H3. The summed E-state index contributed by atoms with van der Waals surface area (Å²) in [6.45, 7) is 1.39. The van der Waals surface area contributed by atoms with E-state index >= 15 is 0 Å². The van der Waals surface area contributed by atoms with Gasteiger partial charge in [-0.05, 0) is 56.9 Å². The maximum absolute atomic E-state index is 13.1. The van der Waals surface area contributed by atoms with Crippen LogP contribution in [-0.2, 0) is 14.4 Å². The van der Waals surface area contributed by atoms with Crippen LogP contribution in [0.4, 0.5) is 4.79 Å². The lowest BCUT2D eigenvalue weighted by Crippen LogP contribution is -2.65. The number of ketones is 1. The molecule has 136 valence electrons. The summed E-state index contributed by atoms with van der Waals surface area (Å²) in [6.07, 6.45) is 9.09. The summed E-state index contributed by atoms with van der Waals surface area (Å²) in [4.78, 5) is 52.9. The van der Waals surface area contributed by atoms with Gasteiger partial charge in [0.05, 0.1) is 6.54 Å². The van der Waals surface area contributed by atoms with Crippen molar-refractivity contribution in [3.05, 3.63) is 11.6 Å². The van der Waals surface area contributed by atoms with Gasteiger partial charge < -0.3 is 0 Å². The zero-order valence-electron chi connectivity index (χ0n) is 15.0. The fraction of sp³-hybridized carbons (Fsp3) is 0.684. The third-order valence-corrected chi connectivity index (χ3v) is 6.08. The van der Waals surface area contributed by atoms with Crippen LogP contribution in [0.3, 0.4) is 0 Å². The highest BCUT2D eigenvalue weighted by atomic mass is 16.2. The summed E-state index contributed by atoms with van der Waals surface area (Å²) in [5.74, 6) is -1.18. The molecule has 0 bridgehead atoms. The van der Waals surface area contributed by atoms with Crippen molar-refractivity contribution in [1.82, 2.24) is 9.80 Å². The Labute approximate surface area is 148 Å². The predicted octanol–water partition coefficient (Wildman–Crippen LogP) is 2.67. The molecule has 1 aliphatic heterocycles. The first-order chi connectivity index (χ1) is 11.9. The summed E-state index contributed by atoms with van der Waals surface area (Å²) in [5, 5.41) is 0. The smallest absolute Gasteiger partial charge is 0.293 e. The number of hydrogen-bond acceptors (Lipinski definition) is 4. The number of allylic oxidation sites excluding steroid dienone is 1. The number of Topliss-reactive ketones (excluding diaryl/α,β-unsaturated/α-hetero) is 1. The van der Waals surface area contributed by atoms with E-state index in [0.717, 1.165) is 54.7 Å². The molecule has 0 aromatic carbocycles. The molecule has 1 saturated heterocycles. The van der Waals surface area contributed by atoms with Gasteiger partial charge in [-0.15, -0.1) is 0 Å². The minimum Gasteiger partial charge on any atom is -0.293 e. The molecule has 1 heterocycles. The van der Waals surface area contributed by atoms with Crippen molar-refractivity contribution < 1.29 is 19.2 Å². The Balaban J connectivity index is 1.86. The lowest BCUT2D eigenvalue weighted by Gasteiger charge is -2.43. The maximum Gasteiger partial charge on any atom is 0.333 e. The van der Waals surface area contributed by atoms with E-state index in [1.54, 1.807) is 6.92 Å². The van der Waals surface area contributed by atoms with Crippen LogP contribution in [-0.4, -0.2) is 47.0 Å². The highest BCUT2D eigenvalue weighted by Crippen LogP contribution is 2.44. The summed E-state index contributed by atoms with van der Waals surface area (Å²) in [6, 6.07) is -0.685. The van der Waals surface area contributed by atoms with Crippen molar-refractivity contribution in [2.45, 2.75) is 58.3 Å². The second-order valence-electron chi connectivity index (χ2n) is 7.62. The van der Waals surface area contributed by atoms with Crippen molar-refractivity contribution in [2.24, 2.45) is 11.3 Å². The Morgan fingerprint density at radius 1 is 1.12 bits per heavy atom. The highest BCUT2D eigenvalue weighted by Gasteiger charge is 2.57. The van der Waals surface area contributed by atoms with Crippen molar-refractivity contribution in [3.63, 3.8) is 0 Å². The lowest BCUT2D eigenvalue weighted by molar-refractivity contribution is -0.161. The predicted molar refractivity (Wildman–Crippen MR) is 91.5 cm³/mol. The minimum atomic E-state index is -1.24. The van der Waals surface area contributed by atoms with Gasteiger partial charge in [-0.3, -0.25) is 24.2 Å². The van der Waals surface area contributed by atoms with Crippen LogP contribution in [0.1, 0.15) is 58.3 Å². The molecule has 0 spiro atoms. The fourth-order valence-electron chi connectivity index (χ4n) is 4.40. The van der Waals surface area contributed by atoms with Crippen molar-refractivity contribution in [1.29, 1.82) is 0 Å². The van der Waals surface area contributed by atoms with Crippen LogP contribution in [0.2, 0.25) is 0 Å². The number of rotatable bonds is 4. The summed E-state index contributed by atoms with van der Waals surface area (Å²) < 4.78 is 0. The van der Waals surface area contributed by atoms with E-state index in [-0.39, 0.29) is 18.2 Å². The molecule has 0 aromatic rings. The lowest BCUT2D eigenvalue weighted by atomic mass is 9.72. The summed E-state index contributed by atoms with van der Waals surface area (Å²) >= 11 is 0. The average molecular weight is 346 g/mol. The third-order valence-electron chi connectivity index (χ3n) is 6.08. The molecular weight excluding hydrogens is 320 g/mol. The van der Waals surface area contributed by atoms with Gasteiger partial charge >= 0.3 is 6.03 Å². The Bertz CT molecular complexity index is 648. The number of hydrogen-bond donors (Lipinski definition) is 0. The number of nitrogens with zero attached hydrogens (tertiary/aromatic N) is 2. The highest BCUT2D eigenvalue weighted by molar-refractivity contribution is 6.20. The first-order valence-corrected chi connectivity index (χ1v) is 9.23. The van der Waals surface area contributed by atoms with Gasteiger partial charge in [0.15, 0.2) is 5.78 Å². The Morgan fingerprint density at radius 2 is 1.80 bits per heavy atom. The number of carbonyl (C=O) groups excluding carboxylic acids is 4. The molecule has 4 amide bonds. The molecule has 0 aromatic heterocycles. The molecule has 6 heteroatoms. The van der Waals surface area contributed by atoms with Gasteiger partial charge in [-0.25, -0.2) is 4.79 Å². The molecule has 2 fully saturated rings. The van der Waals surface area contributed by atoms with Crippen molar-refractivity contribution >= 4 is 23.6 Å². The molecule has 3 aliphatic rings. The van der Waals surface area contributed by atoms with E-state index in [9.17, 15) is 19.2 Å². The van der Waals surface area contributed by atoms with Gasteiger partial charge in [0.1, 0.15) is 5.41 Å². The number of urea groups is 1. The van der Waals surface area contributed by atoms with Gasteiger partial charge in [-0.1, -0.05) is 18.9 Å². The van der Waals surface area contributed by atoms with Crippen molar-refractivity contribution in [3.8, 4) is 0 Å². The summed E-state index contributed by atoms with van der Waals surface area (Å²) in [7, 11) is 1.40. The molecule has 3 rings (SSSR count). The van der Waals surface area contributed by atoms with Crippen LogP contribution >= 0.6 is 0 Å². The van der Waals surface area contributed by atoms with E-state index in [1.807, 2.05) is 6.08 Å². The largest absolute Gasteiger partial charge is 0.333 e. The van der Waals surface area contributed by atoms with Gasteiger partial charge in [0.25, 0.3) is 0 Å². The SMILES string of the molecule is CN1C(=O)N(CC(=O)C2=CCCCC2)C(=O)C(C)(C2CCCC2)C1=O. The minimum absolute atomic E-state index is 0.0606. The third kappa shape index (κ3) is 2.92. The van der Waals surface area contributed by atoms with Gasteiger partial charge in [-0.2, -0.15) is 0 Å². The van der Waals surface area contributed by atoms with Crippen molar-refractivity contribution in [2.75, 3.05) is 13.6 Å². The van der Waals surface area contributed by atoms with E-state index in [2.05, 4.69) is 0 Å². The molecule has 0 N–H and O–H groups in total. The quantitative estimate of drug-likeness (QED) is 0.734. The van der Waals surface area contributed by atoms with Gasteiger partial charge in [0, 0.05) is 7.05 Å². The van der Waals surface area contributed by atoms with Crippen LogP contribution in [0.15, 0.2) is 11.6 Å². The van der Waals surface area contributed by atoms with E-state index in [0.29, 0.717) is 12.0 Å². The molecule has 25 heavy (non-hydrogen) atoms. The first-order valence-electron chi connectivity index (χ1n) is 9.23. The van der Waals surface area contributed by atoms with E-state index in [1.165, 1.54) is 7.05 Å². The van der Waals surface area contributed by atoms with Crippen LogP contribution in [0.5, 0.6) is 0 Å². The Kier molecular flexibility index (Phi) is 4.80. The number of carbonyl (C=O) groups is 4. The Hall–Kier alpha value is -1.98. The monoisotopic (exact) mass is 346 g/mol. The molecule has 6 nitrogen and oxygen atoms in total. The molecule has 1 atom stereocenters. The second-order valence-corrected chi connectivity index (χ2v) is 7.62. The molecule has 0 radical (unpaired) electrons. The molecule has 2 aliphatic carbocycles.